The number of piperidine rings is 1. The lowest BCUT2D eigenvalue weighted by Crippen LogP contribution is -2.49. The van der Waals surface area contributed by atoms with Crippen LogP contribution in [0.15, 0.2) is 64.7 Å². The zero-order valence-electron chi connectivity index (χ0n) is 26.6. The van der Waals surface area contributed by atoms with Crippen LogP contribution in [0.1, 0.15) is 41.3 Å². The summed E-state index contributed by atoms with van der Waals surface area (Å²) in [5.41, 5.74) is 10.5. The fraction of sp³-hybridized carbons (Fsp3) is 0.382. The van der Waals surface area contributed by atoms with Gasteiger partial charge in [-0.3, -0.25) is 9.59 Å². The predicted octanol–water partition coefficient (Wildman–Crippen LogP) is 2.66. The molecule has 0 bridgehead atoms. The summed E-state index contributed by atoms with van der Waals surface area (Å²) in [6.07, 6.45) is 10.3. The number of likely N-dealkylation sites (tertiary alicyclic amines) is 1. The van der Waals surface area contributed by atoms with Gasteiger partial charge in [-0.1, -0.05) is 30.2 Å². The van der Waals surface area contributed by atoms with Gasteiger partial charge < -0.3 is 25.3 Å². The number of anilines is 2. The van der Waals surface area contributed by atoms with Gasteiger partial charge >= 0.3 is 0 Å². The lowest BCUT2D eigenvalue weighted by Gasteiger charge is -2.41. The van der Waals surface area contributed by atoms with Gasteiger partial charge in [0, 0.05) is 62.6 Å². The van der Waals surface area contributed by atoms with Gasteiger partial charge in [0.05, 0.1) is 23.5 Å². The summed E-state index contributed by atoms with van der Waals surface area (Å²) >= 11 is 0. The largest absolute Gasteiger partial charge is 0.370 e. The Morgan fingerprint density at radius 2 is 1.70 bits per heavy atom. The molecule has 242 valence electrons. The Hall–Kier alpha value is -4.78. The first-order valence-electron chi connectivity index (χ1n) is 15.2. The molecule has 0 aromatic heterocycles. The van der Waals surface area contributed by atoms with Crippen molar-refractivity contribution in [3.63, 3.8) is 0 Å². The number of allylic oxidation sites excluding steroid dienone is 3. The first-order valence-corrected chi connectivity index (χ1v) is 16.7. The third kappa shape index (κ3) is 7.53. The minimum atomic E-state index is -3.90. The van der Waals surface area contributed by atoms with Crippen LogP contribution in [0.2, 0.25) is 0 Å². The highest BCUT2D eigenvalue weighted by Gasteiger charge is 2.31. The number of carbonyl (C=O) groups excluding carboxylic acids is 2. The van der Waals surface area contributed by atoms with Crippen LogP contribution in [-0.4, -0.2) is 81.9 Å². The minimum Gasteiger partial charge on any atom is -0.370 e. The van der Waals surface area contributed by atoms with Crippen LogP contribution in [-0.2, 0) is 14.8 Å². The molecule has 2 heterocycles. The Morgan fingerprint density at radius 3 is 2.26 bits per heavy atom. The van der Waals surface area contributed by atoms with Crippen molar-refractivity contribution in [1.82, 2.24) is 9.80 Å². The van der Waals surface area contributed by atoms with Crippen molar-refractivity contribution in [3.05, 3.63) is 76.5 Å². The number of terminal acetylenes is 1. The van der Waals surface area contributed by atoms with Crippen molar-refractivity contribution >= 4 is 33.2 Å². The van der Waals surface area contributed by atoms with Crippen molar-refractivity contribution in [1.29, 1.82) is 5.26 Å². The Labute approximate surface area is 271 Å². The zero-order valence-corrected chi connectivity index (χ0v) is 27.4. The number of nitriles is 1. The monoisotopic (exact) mass is 643 g/mol. The highest BCUT2D eigenvalue weighted by atomic mass is 32.2. The predicted molar refractivity (Wildman–Crippen MR) is 179 cm³/mol. The maximum Gasteiger partial charge on any atom is 0.254 e. The smallest absolute Gasteiger partial charge is 0.254 e. The van der Waals surface area contributed by atoms with E-state index in [-0.39, 0.29) is 23.4 Å². The topological polar surface area (TPSA) is 157 Å². The maximum absolute atomic E-state index is 13.9. The average molecular weight is 644 g/mol. The number of primary amides is 1. The summed E-state index contributed by atoms with van der Waals surface area (Å²) in [5, 5.41) is 15.0. The van der Waals surface area contributed by atoms with E-state index in [9.17, 15) is 23.3 Å². The van der Waals surface area contributed by atoms with Gasteiger partial charge in [0.25, 0.3) is 5.91 Å². The molecule has 12 heteroatoms. The van der Waals surface area contributed by atoms with E-state index in [1.807, 2.05) is 35.8 Å². The molecule has 2 saturated heterocycles. The van der Waals surface area contributed by atoms with Gasteiger partial charge in [0.15, 0.2) is 0 Å². The number of primary sulfonamides is 1. The first-order chi connectivity index (χ1) is 21.9. The number of aryl methyl sites for hydroxylation is 2. The number of amides is 2. The van der Waals surface area contributed by atoms with Crippen molar-refractivity contribution < 1.29 is 18.0 Å². The fourth-order valence-corrected chi connectivity index (χ4v) is 7.10. The SMILES string of the molecule is C#C/C=C(\C(C#N)=C/C)N1CCC(N(CC(N)=O)c2cc(C(=O)N3CCN(c4ccccc4S(N)(=O)=O)CC3)c(C)cc2C)CC1. The van der Waals surface area contributed by atoms with Crippen molar-refractivity contribution in [2.75, 3.05) is 55.6 Å². The van der Waals surface area contributed by atoms with Crippen molar-refractivity contribution in [2.24, 2.45) is 10.9 Å². The van der Waals surface area contributed by atoms with E-state index in [1.54, 1.807) is 42.2 Å². The number of rotatable bonds is 9. The van der Waals surface area contributed by atoms with Gasteiger partial charge in [-0.05, 0) is 62.9 Å². The Bertz CT molecular complexity index is 1740. The molecule has 2 aliphatic rings. The summed E-state index contributed by atoms with van der Waals surface area (Å²) in [4.78, 5) is 34.0. The van der Waals surface area contributed by atoms with E-state index >= 15 is 0 Å². The summed E-state index contributed by atoms with van der Waals surface area (Å²) in [6.45, 7) is 8.59. The van der Waals surface area contributed by atoms with E-state index < -0.39 is 15.9 Å². The number of benzene rings is 2. The number of hydrogen-bond acceptors (Lipinski definition) is 8. The normalized spacial score (nSPS) is 16.5. The summed E-state index contributed by atoms with van der Waals surface area (Å²) < 4.78 is 24.3. The molecule has 2 amide bonds. The number of sulfonamides is 1. The van der Waals surface area contributed by atoms with Crippen LogP contribution in [0.25, 0.3) is 0 Å². The molecule has 4 rings (SSSR count). The van der Waals surface area contributed by atoms with Gasteiger partial charge in [-0.2, -0.15) is 5.26 Å². The second-order valence-electron chi connectivity index (χ2n) is 11.6. The van der Waals surface area contributed by atoms with Crippen molar-refractivity contribution in [2.45, 2.75) is 44.6 Å². The second-order valence-corrected chi connectivity index (χ2v) is 13.1. The van der Waals surface area contributed by atoms with E-state index in [0.717, 1.165) is 16.8 Å². The molecule has 46 heavy (non-hydrogen) atoms. The van der Waals surface area contributed by atoms with Gasteiger partial charge in [0.1, 0.15) is 11.0 Å². The standard InChI is InChI=1S/C34H41N7O4S/c1-5-9-29(26(6-2)22-35)38-14-12-27(13-15-38)41(23-33(36)42)31-21-28(24(3)20-25(31)4)34(43)40-18-16-39(17-19-40)30-10-7-8-11-32(30)46(37,44)45/h1,6-11,20-21,27H,12-19,23H2,2-4H3,(H2,36,42)(H2,37,44,45)/b26-6-,29-9+. The molecule has 0 unspecified atom stereocenters. The minimum absolute atomic E-state index is 0.00427. The maximum atomic E-state index is 13.9. The Kier molecular flexibility index (Phi) is 10.8. The number of para-hydroxylation sites is 1. The lowest BCUT2D eigenvalue weighted by molar-refractivity contribution is -0.116. The second kappa shape index (κ2) is 14.5. The van der Waals surface area contributed by atoms with Gasteiger partial charge in [-0.25, -0.2) is 13.6 Å². The number of hydrogen-bond donors (Lipinski definition) is 2. The molecular formula is C34H41N7O4S. The van der Waals surface area contributed by atoms with Gasteiger partial charge in [-0.15, -0.1) is 6.42 Å². The number of piperazine rings is 1. The van der Waals surface area contributed by atoms with Crippen molar-refractivity contribution in [3.8, 4) is 18.4 Å². The molecule has 2 aromatic rings. The third-order valence-corrected chi connectivity index (χ3v) is 9.60. The number of carbonyl (C=O) groups is 2. The molecule has 4 N–H and O–H groups in total. The van der Waals surface area contributed by atoms with Crippen LogP contribution >= 0.6 is 0 Å². The molecule has 0 spiro atoms. The highest BCUT2D eigenvalue weighted by Crippen LogP contribution is 2.32. The molecule has 2 fully saturated rings. The van der Waals surface area contributed by atoms with Crippen LogP contribution in [0.3, 0.4) is 0 Å². The van der Waals surface area contributed by atoms with Crippen LogP contribution in [0, 0.1) is 37.5 Å². The van der Waals surface area contributed by atoms with E-state index in [4.69, 9.17) is 17.3 Å². The van der Waals surface area contributed by atoms with Crippen LogP contribution in [0.4, 0.5) is 11.4 Å². The summed E-state index contributed by atoms with van der Waals surface area (Å²) in [6, 6.07) is 12.6. The summed E-state index contributed by atoms with van der Waals surface area (Å²) in [5.74, 6) is 1.94. The van der Waals surface area contributed by atoms with Crippen LogP contribution in [0.5, 0.6) is 0 Å². The molecule has 11 nitrogen and oxygen atoms in total. The molecular weight excluding hydrogens is 602 g/mol. The number of nitrogens with two attached hydrogens (primary N) is 2. The molecule has 0 aliphatic carbocycles. The average Bonchev–Trinajstić information content (AvgIpc) is 3.03. The van der Waals surface area contributed by atoms with E-state index in [2.05, 4.69) is 16.9 Å². The molecule has 0 atom stereocenters. The third-order valence-electron chi connectivity index (χ3n) is 8.64. The molecule has 0 radical (unpaired) electrons. The van der Waals surface area contributed by atoms with E-state index in [1.165, 1.54) is 6.07 Å². The molecule has 2 aliphatic heterocycles. The lowest BCUT2D eigenvalue weighted by atomic mass is 9.97. The quantitative estimate of drug-likeness (QED) is 0.240. The Morgan fingerprint density at radius 1 is 1.04 bits per heavy atom. The summed E-state index contributed by atoms with van der Waals surface area (Å²) in [7, 11) is -3.90. The van der Waals surface area contributed by atoms with E-state index in [0.29, 0.717) is 74.6 Å². The highest BCUT2D eigenvalue weighted by molar-refractivity contribution is 7.89. The molecule has 2 aromatic carbocycles. The molecule has 0 saturated carbocycles. The zero-order chi connectivity index (χ0) is 33.6. The van der Waals surface area contributed by atoms with Gasteiger partial charge in [0.2, 0.25) is 15.9 Å². The van der Waals surface area contributed by atoms with Crippen LogP contribution < -0.4 is 20.7 Å². The number of nitrogens with zero attached hydrogens (tertiary/aromatic N) is 5. The first kappa shape index (κ1) is 34.1. The Balaban J connectivity index is 1.54. The fourth-order valence-electron chi connectivity index (χ4n) is 6.35.